The fraction of sp³-hybridized carbons (Fsp3) is 0.727. The summed E-state index contributed by atoms with van der Waals surface area (Å²) in [7, 11) is 0. The molecule has 0 aromatic carbocycles. The van der Waals surface area contributed by atoms with Crippen LogP contribution >= 0.6 is 11.8 Å². The molecule has 0 heterocycles. The summed E-state index contributed by atoms with van der Waals surface area (Å²) in [6, 6.07) is 0. The zero-order valence-electron chi connectivity index (χ0n) is 9.12. The quantitative estimate of drug-likeness (QED) is 0.354. The zero-order chi connectivity index (χ0) is 10.8. The Bertz CT molecular complexity index is 169. The van der Waals surface area contributed by atoms with Crippen LogP contribution < -0.4 is 0 Å². The molecule has 1 atom stereocenters. The Morgan fingerprint density at radius 1 is 1.57 bits per heavy atom. The number of rotatable bonds is 8. The third kappa shape index (κ3) is 6.08. The molecule has 3 heteroatoms. The van der Waals surface area contributed by atoms with E-state index in [9.17, 15) is 4.79 Å². The molecule has 0 aliphatic carbocycles. The number of ether oxygens (including phenoxy) is 1. The predicted octanol–water partition coefficient (Wildman–Crippen LogP) is 3.03. The molecule has 0 aromatic heterocycles. The Morgan fingerprint density at radius 2 is 2.29 bits per heavy atom. The lowest BCUT2D eigenvalue weighted by atomic mass is 10.3. The molecule has 0 rings (SSSR count). The Balaban J connectivity index is 3.73. The molecule has 1 unspecified atom stereocenters. The molecular formula is C11H20O2S. The van der Waals surface area contributed by atoms with E-state index in [-0.39, 0.29) is 11.2 Å². The maximum Gasteiger partial charge on any atom is 0.319 e. The minimum atomic E-state index is -0.0761. The van der Waals surface area contributed by atoms with Crippen LogP contribution in [0.1, 0.15) is 33.1 Å². The van der Waals surface area contributed by atoms with E-state index >= 15 is 0 Å². The smallest absolute Gasteiger partial charge is 0.319 e. The van der Waals surface area contributed by atoms with Crippen molar-refractivity contribution in [2.75, 3.05) is 12.4 Å². The molecule has 0 aliphatic rings. The third-order valence-electron chi connectivity index (χ3n) is 1.79. The van der Waals surface area contributed by atoms with Crippen molar-refractivity contribution in [2.45, 2.75) is 38.4 Å². The van der Waals surface area contributed by atoms with Gasteiger partial charge in [0.05, 0.1) is 6.61 Å². The normalized spacial score (nSPS) is 12.1. The summed E-state index contributed by atoms with van der Waals surface area (Å²) in [6.45, 7) is 8.27. The summed E-state index contributed by atoms with van der Waals surface area (Å²) < 4.78 is 5.14. The van der Waals surface area contributed by atoms with Crippen molar-refractivity contribution in [3.05, 3.63) is 12.7 Å². The first-order valence-electron chi connectivity index (χ1n) is 5.15. The van der Waals surface area contributed by atoms with Crippen LogP contribution in [0.3, 0.4) is 0 Å². The first kappa shape index (κ1) is 13.6. The van der Waals surface area contributed by atoms with Crippen molar-refractivity contribution in [3.63, 3.8) is 0 Å². The SMILES string of the molecule is C=CCSC(CC)C(=O)OCCCC. The van der Waals surface area contributed by atoms with Crippen LogP contribution in [-0.4, -0.2) is 23.6 Å². The Morgan fingerprint density at radius 3 is 2.79 bits per heavy atom. The highest BCUT2D eigenvalue weighted by Gasteiger charge is 2.17. The topological polar surface area (TPSA) is 26.3 Å². The lowest BCUT2D eigenvalue weighted by Crippen LogP contribution is -2.20. The van der Waals surface area contributed by atoms with Gasteiger partial charge >= 0.3 is 5.97 Å². The molecule has 0 spiro atoms. The summed E-state index contributed by atoms with van der Waals surface area (Å²) in [6.07, 6.45) is 4.65. The lowest BCUT2D eigenvalue weighted by molar-refractivity contribution is -0.143. The summed E-state index contributed by atoms with van der Waals surface area (Å²) in [5, 5.41) is -0.0233. The molecule has 2 nitrogen and oxygen atoms in total. The highest BCUT2D eigenvalue weighted by molar-refractivity contribution is 8.00. The van der Waals surface area contributed by atoms with Crippen LogP contribution in [0.4, 0.5) is 0 Å². The average Bonchev–Trinajstić information content (AvgIpc) is 2.19. The maximum absolute atomic E-state index is 11.5. The second kappa shape index (κ2) is 9.13. The van der Waals surface area contributed by atoms with Crippen molar-refractivity contribution in [1.29, 1.82) is 0 Å². The highest BCUT2D eigenvalue weighted by atomic mass is 32.2. The van der Waals surface area contributed by atoms with E-state index in [1.165, 1.54) is 0 Å². The highest BCUT2D eigenvalue weighted by Crippen LogP contribution is 2.16. The van der Waals surface area contributed by atoms with Gasteiger partial charge in [-0.15, -0.1) is 18.3 Å². The first-order chi connectivity index (χ1) is 6.76. The van der Waals surface area contributed by atoms with Gasteiger partial charge in [0, 0.05) is 5.75 Å². The number of carbonyl (C=O) groups is 1. The number of thioether (sulfide) groups is 1. The number of esters is 1. The molecule has 0 radical (unpaired) electrons. The maximum atomic E-state index is 11.5. The van der Waals surface area contributed by atoms with Crippen LogP contribution in [-0.2, 0) is 9.53 Å². The van der Waals surface area contributed by atoms with Gasteiger partial charge in [-0.2, -0.15) is 0 Å². The van der Waals surface area contributed by atoms with Gasteiger partial charge < -0.3 is 4.74 Å². The van der Waals surface area contributed by atoms with Crippen molar-refractivity contribution < 1.29 is 9.53 Å². The second-order valence-electron chi connectivity index (χ2n) is 3.04. The Kier molecular flexibility index (Phi) is 8.84. The minimum Gasteiger partial charge on any atom is -0.465 e. The van der Waals surface area contributed by atoms with Gasteiger partial charge in [-0.05, 0) is 12.8 Å². The summed E-state index contributed by atoms with van der Waals surface area (Å²) in [5.41, 5.74) is 0. The molecule has 0 aromatic rings. The summed E-state index contributed by atoms with van der Waals surface area (Å²) in [4.78, 5) is 11.5. The predicted molar refractivity (Wildman–Crippen MR) is 62.6 cm³/mol. The average molecular weight is 216 g/mol. The van der Waals surface area contributed by atoms with Gasteiger partial charge in [-0.3, -0.25) is 4.79 Å². The monoisotopic (exact) mass is 216 g/mol. The molecule has 0 saturated heterocycles. The van der Waals surface area contributed by atoms with Gasteiger partial charge in [0.15, 0.2) is 0 Å². The standard InChI is InChI=1S/C11H20O2S/c1-4-7-8-13-11(12)10(6-3)14-9-5-2/h5,10H,2,4,6-9H2,1,3H3. The van der Waals surface area contributed by atoms with Crippen LogP contribution in [0.2, 0.25) is 0 Å². The summed E-state index contributed by atoms with van der Waals surface area (Å²) in [5.74, 6) is 0.731. The molecule has 0 saturated carbocycles. The van der Waals surface area contributed by atoms with Crippen LogP contribution in [0.15, 0.2) is 12.7 Å². The van der Waals surface area contributed by atoms with Crippen molar-refractivity contribution >= 4 is 17.7 Å². The van der Waals surface area contributed by atoms with Crippen molar-refractivity contribution in [3.8, 4) is 0 Å². The third-order valence-corrected chi connectivity index (χ3v) is 3.15. The van der Waals surface area contributed by atoms with Crippen LogP contribution in [0.25, 0.3) is 0 Å². The number of carbonyl (C=O) groups excluding carboxylic acids is 1. The number of unbranched alkanes of at least 4 members (excludes halogenated alkanes) is 1. The molecule has 14 heavy (non-hydrogen) atoms. The molecule has 0 bridgehead atoms. The molecular weight excluding hydrogens is 196 g/mol. The molecule has 0 amide bonds. The molecule has 0 aliphatic heterocycles. The van der Waals surface area contributed by atoms with E-state index in [2.05, 4.69) is 13.5 Å². The fourth-order valence-electron chi connectivity index (χ4n) is 0.947. The number of hydrogen-bond donors (Lipinski definition) is 0. The van der Waals surface area contributed by atoms with E-state index in [0.717, 1.165) is 25.0 Å². The lowest BCUT2D eigenvalue weighted by Gasteiger charge is -2.12. The summed E-state index contributed by atoms with van der Waals surface area (Å²) >= 11 is 1.60. The zero-order valence-corrected chi connectivity index (χ0v) is 9.94. The minimum absolute atomic E-state index is 0.0233. The first-order valence-corrected chi connectivity index (χ1v) is 6.20. The van der Waals surface area contributed by atoms with Gasteiger partial charge in [-0.25, -0.2) is 0 Å². The van der Waals surface area contributed by atoms with E-state index in [1.54, 1.807) is 11.8 Å². The van der Waals surface area contributed by atoms with Crippen molar-refractivity contribution in [1.82, 2.24) is 0 Å². The van der Waals surface area contributed by atoms with Crippen LogP contribution in [0, 0.1) is 0 Å². The van der Waals surface area contributed by atoms with Crippen LogP contribution in [0.5, 0.6) is 0 Å². The second-order valence-corrected chi connectivity index (χ2v) is 4.28. The fourth-order valence-corrected chi connectivity index (χ4v) is 1.76. The number of hydrogen-bond acceptors (Lipinski definition) is 3. The molecule has 0 fully saturated rings. The van der Waals surface area contributed by atoms with E-state index in [0.29, 0.717) is 6.61 Å². The van der Waals surface area contributed by atoms with E-state index < -0.39 is 0 Å². The van der Waals surface area contributed by atoms with E-state index in [1.807, 2.05) is 13.0 Å². The Hall–Kier alpha value is -0.440. The Labute approximate surface area is 91.1 Å². The van der Waals surface area contributed by atoms with Gasteiger partial charge in [0.1, 0.15) is 5.25 Å². The van der Waals surface area contributed by atoms with Gasteiger partial charge in [0.25, 0.3) is 0 Å². The van der Waals surface area contributed by atoms with E-state index in [4.69, 9.17) is 4.74 Å². The van der Waals surface area contributed by atoms with Gasteiger partial charge in [0.2, 0.25) is 0 Å². The van der Waals surface area contributed by atoms with Crippen molar-refractivity contribution in [2.24, 2.45) is 0 Å². The molecule has 82 valence electrons. The van der Waals surface area contributed by atoms with Gasteiger partial charge in [-0.1, -0.05) is 26.3 Å². The molecule has 0 N–H and O–H groups in total. The largest absolute Gasteiger partial charge is 0.465 e.